The smallest absolute Gasteiger partial charge is 0.191 e. The van der Waals surface area contributed by atoms with Crippen molar-refractivity contribution in [3.8, 4) is 11.3 Å². The second kappa shape index (κ2) is 4.09. The molecule has 0 aliphatic heterocycles. The van der Waals surface area contributed by atoms with Crippen LogP contribution in [-0.4, -0.2) is 9.97 Å². The molecule has 2 rings (SSSR count). The van der Waals surface area contributed by atoms with Crippen LogP contribution in [0.15, 0.2) is 16.7 Å². The van der Waals surface area contributed by atoms with Crippen molar-refractivity contribution < 1.29 is 4.42 Å². The molecule has 2 aromatic rings. The highest BCUT2D eigenvalue weighted by Gasteiger charge is 2.10. The van der Waals surface area contributed by atoms with Crippen molar-refractivity contribution in [1.29, 1.82) is 0 Å². The normalized spacial score (nSPS) is 10.7. The molecule has 5 heteroatoms. The summed E-state index contributed by atoms with van der Waals surface area (Å²) in [6.07, 6.45) is 1.63. The predicted octanol–water partition coefficient (Wildman–Crippen LogP) is 3.61. The first-order chi connectivity index (χ1) is 7.08. The maximum Gasteiger partial charge on any atom is 0.191 e. The van der Waals surface area contributed by atoms with Gasteiger partial charge in [0, 0.05) is 18.2 Å². The molecule has 78 valence electrons. The van der Waals surface area contributed by atoms with Crippen LogP contribution < -0.4 is 0 Å². The van der Waals surface area contributed by atoms with E-state index in [4.69, 9.17) is 16.0 Å². The Labute approximate surface area is 106 Å². The average molecular weight is 335 g/mol. The Morgan fingerprint density at radius 2 is 2.07 bits per heavy atom. The Hall–Kier alpha value is -0.620. The van der Waals surface area contributed by atoms with Gasteiger partial charge in [0.1, 0.15) is 17.1 Å². The minimum absolute atomic E-state index is 0.525. The lowest BCUT2D eigenvalue weighted by Gasteiger charge is -2.03. The maximum absolute atomic E-state index is 5.92. The van der Waals surface area contributed by atoms with Crippen LogP contribution >= 0.6 is 34.2 Å². The van der Waals surface area contributed by atoms with E-state index in [0.717, 1.165) is 20.5 Å². The SMILES string of the molecule is Cc1nc(-c2cc(I)c(Cl)nc2C)co1. The van der Waals surface area contributed by atoms with E-state index in [1.807, 2.05) is 19.9 Å². The summed E-state index contributed by atoms with van der Waals surface area (Å²) < 4.78 is 6.08. The predicted molar refractivity (Wildman–Crippen MR) is 66.9 cm³/mol. The first kappa shape index (κ1) is 10.9. The summed E-state index contributed by atoms with van der Waals surface area (Å²) in [6.45, 7) is 3.72. The first-order valence-corrected chi connectivity index (χ1v) is 5.78. The Balaban J connectivity index is 2.58. The summed E-state index contributed by atoms with van der Waals surface area (Å²) in [5.41, 5.74) is 2.61. The Morgan fingerprint density at radius 1 is 1.33 bits per heavy atom. The fourth-order valence-electron chi connectivity index (χ4n) is 1.30. The summed E-state index contributed by atoms with van der Waals surface area (Å²) >= 11 is 8.06. The van der Waals surface area contributed by atoms with Crippen LogP contribution in [0.25, 0.3) is 11.3 Å². The molecule has 0 atom stereocenters. The van der Waals surface area contributed by atoms with Gasteiger partial charge in [-0.25, -0.2) is 9.97 Å². The van der Waals surface area contributed by atoms with Gasteiger partial charge in [-0.3, -0.25) is 0 Å². The van der Waals surface area contributed by atoms with Gasteiger partial charge in [-0.2, -0.15) is 0 Å². The number of aryl methyl sites for hydroxylation is 2. The van der Waals surface area contributed by atoms with Crippen molar-refractivity contribution >= 4 is 34.2 Å². The van der Waals surface area contributed by atoms with Crippen molar-refractivity contribution in [3.63, 3.8) is 0 Å². The lowest BCUT2D eigenvalue weighted by atomic mass is 10.1. The molecule has 0 spiro atoms. The summed E-state index contributed by atoms with van der Waals surface area (Å²) in [5, 5.41) is 0.525. The zero-order valence-electron chi connectivity index (χ0n) is 8.21. The molecule has 0 N–H and O–H groups in total. The standard InChI is InChI=1S/C10H8ClIN2O/c1-5-7(3-8(12)10(11)13-5)9-4-15-6(2)14-9/h3-4H,1-2H3. The molecular formula is C10H8ClIN2O. The first-order valence-electron chi connectivity index (χ1n) is 4.33. The molecule has 0 fully saturated rings. The van der Waals surface area contributed by atoms with Gasteiger partial charge in [-0.15, -0.1) is 0 Å². The minimum atomic E-state index is 0.525. The molecule has 0 unspecified atom stereocenters. The van der Waals surface area contributed by atoms with E-state index >= 15 is 0 Å². The van der Waals surface area contributed by atoms with Gasteiger partial charge in [-0.05, 0) is 35.6 Å². The molecule has 0 aliphatic carbocycles. The van der Waals surface area contributed by atoms with Crippen LogP contribution in [0.5, 0.6) is 0 Å². The van der Waals surface area contributed by atoms with Crippen molar-refractivity contribution in [3.05, 3.63) is 32.6 Å². The Morgan fingerprint density at radius 3 is 2.67 bits per heavy atom. The highest BCUT2D eigenvalue weighted by molar-refractivity contribution is 14.1. The molecule has 0 aromatic carbocycles. The second-order valence-corrected chi connectivity index (χ2v) is 4.67. The molecule has 2 heterocycles. The summed E-state index contributed by atoms with van der Waals surface area (Å²) in [5.74, 6) is 0.648. The molecule has 0 bridgehead atoms. The van der Waals surface area contributed by atoms with E-state index in [9.17, 15) is 0 Å². The van der Waals surface area contributed by atoms with Crippen LogP contribution in [0.1, 0.15) is 11.6 Å². The summed E-state index contributed by atoms with van der Waals surface area (Å²) in [4.78, 5) is 8.49. The van der Waals surface area contributed by atoms with E-state index in [2.05, 4.69) is 32.6 Å². The molecule has 3 nitrogen and oxygen atoms in total. The largest absolute Gasteiger partial charge is 0.449 e. The summed E-state index contributed by atoms with van der Waals surface area (Å²) in [6, 6.07) is 1.96. The molecule has 0 aliphatic rings. The monoisotopic (exact) mass is 334 g/mol. The molecular weight excluding hydrogens is 326 g/mol. The van der Waals surface area contributed by atoms with Gasteiger partial charge in [0.25, 0.3) is 0 Å². The number of hydrogen-bond donors (Lipinski definition) is 0. The number of hydrogen-bond acceptors (Lipinski definition) is 3. The van der Waals surface area contributed by atoms with E-state index < -0.39 is 0 Å². The minimum Gasteiger partial charge on any atom is -0.449 e. The van der Waals surface area contributed by atoms with Gasteiger partial charge >= 0.3 is 0 Å². The van der Waals surface area contributed by atoms with Gasteiger partial charge < -0.3 is 4.42 Å². The van der Waals surface area contributed by atoms with E-state index in [-0.39, 0.29) is 0 Å². The molecule has 0 saturated heterocycles. The third-order valence-electron chi connectivity index (χ3n) is 2.02. The molecule has 2 aromatic heterocycles. The van der Waals surface area contributed by atoms with E-state index in [1.54, 1.807) is 6.26 Å². The van der Waals surface area contributed by atoms with Gasteiger partial charge in [0.2, 0.25) is 0 Å². The topological polar surface area (TPSA) is 38.9 Å². The van der Waals surface area contributed by atoms with Crippen LogP contribution in [0.3, 0.4) is 0 Å². The quantitative estimate of drug-likeness (QED) is 0.591. The van der Waals surface area contributed by atoms with Crippen LogP contribution in [0.4, 0.5) is 0 Å². The van der Waals surface area contributed by atoms with Crippen molar-refractivity contribution in [1.82, 2.24) is 9.97 Å². The molecule has 15 heavy (non-hydrogen) atoms. The third kappa shape index (κ3) is 2.15. The Kier molecular flexibility index (Phi) is 2.97. The van der Waals surface area contributed by atoms with Gasteiger partial charge in [0.15, 0.2) is 5.89 Å². The van der Waals surface area contributed by atoms with Crippen LogP contribution in [0.2, 0.25) is 5.15 Å². The fraction of sp³-hybridized carbons (Fsp3) is 0.200. The van der Waals surface area contributed by atoms with Crippen molar-refractivity contribution in [2.45, 2.75) is 13.8 Å². The molecule has 0 saturated carbocycles. The lowest BCUT2D eigenvalue weighted by molar-refractivity contribution is 0.521. The maximum atomic E-state index is 5.92. The number of rotatable bonds is 1. The number of nitrogens with zero attached hydrogens (tertiary/aromatic N) is 2. The van der Waals surface area contributed by atoms with Gasteiger partial charge in [-0.1, -0.05) is 11.6 Å². The van der Waals surface area contributed by atoms with Crippen molar-refractivity contribution in [2.24, 2.45) is 0 Å². The van der Waals surface area contributed by atoms with Crippen LogP contribution in [0, 0.1) is 17.4 Å². The fourth-order valence-corrected chi connectivity index (χ4v) is 1.91. The van der Waals surface area contributed by atoms with E-state index in [0.29, 0.717) is 11.0 Å². The number of halogens is 2. The van der Waals surface area contributed by atoms with Gasteiger partial charge in [0.05, 0.1) is 3.57 Å². The number of aromatic nitrogens is 2. The second-order valence-electron chi connectivity index (χ2n) is 3.15. The average Bonchev–Trinajstić information content (AvgIpc) is 2.58. The highest BCUT2D eigenvalue weighted by atomic mass is 127. The Bertz CT molecular complexity index is 510. The third-order valence-corrected chi connectivity index (χ3v) is 3.45. The number of oxazole rings is 1. The summed E-state index contributed by atoms with van der Waals surface area (Å²) in [7, 11) is 0. The zero-order valence-corrected chi connectivity index (χ0v) is 11.1. The number of pyridine rings is 1. The molecule has 0 radical (unpaired) electrons. The van der Waals surface area contributed by atoms with Crippen LogP contribution in [-0.2, 0) is 0 Å². The lowest BCUT2D eigenvalue weighted by Crippen LogP contribution is -1.91. The highest BCUT2D eigenvalue weighted by Crippen LogP contribution is 2.26. The zero-order chi connectivity index (χ0) is 11.0. The van der Waals surface area contributed by atoms with E-state index in [1.165, 1.54) is 0 Å². The molecule has 0 amide bonds. The van der Waals surface area contributed by atoms with Crippen molar-refractivity contribution in [2.75, 3.05) is 0 Å².